The normalized spacial score (nSPS) is 13.7. The quantitative estimate of drug-likeness (QED) is 0.0282. The van der Waals surface area contributed by atoms with Crippen molar-refractivity contribution in [1.82, 2.24) is 73.3 Å². The van der Waals surface area contributed by atoms with Gasteiger partial charge in [-0.1, -0.05) is 96.1 Å². The largest absolute Gasteiger partial charge is 0.396 e. The van der Waals surface area contributed by atoms with E-state index in [4.69, 9.17) is 52.0 Å². The first-order chi connectivity index (χ1) is 61.1. The van der Waals surface area contributed by atoms with Crippen LogP contribution in [0.2, 0.25) is 15.1 Å². The number of nitrogens with zero attached hydrogens (tertiary/aromatic N) is 18. The van der Waals surface area contributed by atoms with E-state index in [1.165, 1.54) is 18.2 Å². The molecule has 0 spiro atoms. The predicted octanol–water partition coefficient (Wildman–Crippen LogP) is 14.7. The fourth-order valence-corrected chi connectivity index (χ4v) is 16.1. The standard InChI is InChI=1S/3C29H26ClF4N7O2/c1-5-17(42)39-8-10-40(11-9-39)27-15-12-16(31)25(18-20(32)19(30)21(33)22(34)23(18)35)37-28(15)41(29(43)38-27)26-14(4)6-7-36-24(26)13(2)3;1-5-17(42)39-8-10-40(11-9-39)27-15-12-16(31)25(18-19(30)23(35)22(34)21(33)20(18)32)37-28(15)41(29(43)38-27)26-14(4)6-7-36-24(26)13(2)3;1-5-17(42)39-8-10-40(11-9-39)27-15-12-16(31)25(18-19(30)21(33)22(34)23(35)20(18)32)37-28(15)41(29(43)38-27)26-14(4)6-7-36-24(26)13(2)3/h3*5-7,12-13H,1,8-11,35H2,2-4H3. The van der Waals surface area contributed by atoms with Gasteiger partial charge in [0.15, 0.2) is 86.7 Å². The highest BCUT2D eigenvalue weighted by molar-refractivity contribution is 6.36. The number of nitrogens with two attached hydrogens (primary N) is 3. The van der Waals surface area contributed by atoms with Crippen molar-refractivity contribution in [2.75, 3.05) is 110 Å². The lowest BCUT2D eigenvalue weighted by molar-refractivity contribution is -0.127. The van der Waals surface area contributed by atoms with Gasteiger partial charge >= 0.3 is 17.1 Å². The van der Waals surface area contributed by atoms with Gasteiger partial charge < -0.3 is 46.6 Å². The molecular formula is C87H78Cl3F12N21O6. The van der Waals surface area contributed by atoms with Crippen LogP contribution < -0.4 is 49.0 Å². The average molecular weight is 1850 g/mol. The highest BCUT2D eigenvalue weighted by atomic mass is 35.5. The Bertz CT molecular complexity index is 6170. The maximum atomic E-state index is 15.9. The summed E-state index contributed by atoms with van der Waals surface area (Å²) in [6.45, 7) is 30.0. The van der Waals surface area contributed by atoms with Crippen molar-refractivity contribution in [2.24, 2.45) is 0 Å². The van der Waals surface area contributed by atoms with Crippen LogP contribution in [0.15, 0.2) is 107 Å². The van der Waals surface area contributed by atoms with Gasteiger partial charge in [-0.25, -0.2) is 95.7 Å². The maximum absolute atomic E-state index is 15.9. The molecular weight excluding hydrogens is 1770 g/mol. The van der Waals surface area contributed by atoms with Crippen molar-refractivity contribution < 1.29 is 67.1 Å². The number of rotatable bonds is 15. The van der Waals surface area contributed by atoms with E-state index in [1.54, 1.807) is 87.0 Å². The van der Waals surface area contributed by atoms with E-state index in [-0.39, 0.29) is 165 Å². The Morgan fingerprint density at radius 2 is 0.651 bits per heavy atom. The number of amides is 3. The van der Waals surface area contributed by atoms with E-state index < -0.39 is 153 Å². The van der Waals surface area contributed by atoms with Crippen LogP contribution >= 0.6 is 34.8 Å². The lowest BCUT2D eigenvalue weighted by Gasteiger charge is -2.35. The first-order valence-electron chi connectivity index (χ1n) is 39.7. The number of halogens is 15. The molecule has 3 saturated heterocycles. The zero-order chi connectivity index (χ0) is 94.0. The van der Waals surface area contributed by atoms with Crippen LogP contribution in [-0.2, 0) is 14.4 Å². The fourth-order valence-electron chi connectivity index (χ4n) is 15.4. The highest BCUT2D eigenvalue weighted by Crippen LogP contribution is 2.45. The molecule has 3 aliphatic rings. The van der Waals surface area contributed by atoms with Crippen molar-refractivity contribution in [2.45, 2.75) is 80.1 Å². The Hall–Kier alpha value is -13.6. The second-order valence-corrected chi connectivity index (χ2v) is 32.1. The zero-order valence-corrected chi connectivity index (χ0v) is 72.4. The molecule has 672 valence electrons. The molecule has 12 heterocycles. The summed E-state index contributed by atoms with van der Waals surface area (Å²) in [5.41, 5.74) is 9.88. The molecule has 42 heteroatoms. The topological polar surface area (TPSA) is 331 Å². The Morgan fingerprint density at radius 3 is 0.961 bits per heavy atom. The molecule has 129 heavy (non-hydrogen) atoms. The van der Waals surface area contributed by atoms with Crippen LogP contribution in [0.5, 0.6) is 0 Å². The van der Waals surface area contributed by atoms with Crippen LogP contribution in [-0.4, -0.2) is 170 Å². The third kappa shape index (κ3) is 16.9. The van der Waals surface area contributed by atoms with Crippen LogP contribution in [0.3, 0.4) is 0 Å². The van der Waals surface area contributed by atoms with Crippen molar-refractivity contribution in [1.29, 1.82) is 0 Å². The molecule has 3 fully saturated rings. The van der Waals surface area contributed by atoms with E-state index in [9.17, 15) is 55.1 Å². The van der Waals surface area contributed by atoms with Gasteiger partial charge in [0, 0.05) is 97.1 Å². The number of aromatic nitrogens is 12. The first-order valence-corrected chi connectivity index (χ1v) is 40.9. The number of carbonyl (C=O) groups excluding carboxylic acids is 3. The van der Waals surface area contributed by atoms with Gasteiger partial charge in [0.2, 0.25) is 17.7 Å². The molecule has 27 nitrogen and oxygen atoms in total. The second kappa shape index (κ2) is 37.0. The molecule has 3 aliphatic heterocycles. The van der Waals surface area contributed by atoms with E-state index in [2.05, 4.69) is 64.6 Å². The molecule has 0 radical (unpaired) electrons. The molecule has 0 atom stereocenters. The summed E-state index contributed by atoms with van der Waals surface area (Å²) in [4.78, 5) is 127. The lowest BCUT2D eigenvalue weighted by Crippen LogP contribution is -2.49. The van der Waals surface area contributed by atoms with Crippen molar-refractivity contribution in [3.8, 4) is 50.8 Å². The first kappa shape index (κ1) is 93.1. The van der Waals surface area contributed by atoms with Gasteiger partial charge in [0.05, 0.1) is 88.4 Å². The summed E-state index contributed by atoms with van der Waals surface area (Å²) < 4.78 is 183. The number of benzene rings is 3. The summed E-state index contributed by atoms with van der Waals surface area (Å²) in [5, 5.41) is -2.89. The fraction of sp³-hybridized carbons (Fsp3) is 0.276. The van der Waals surface area contributed by atoms with Gasteiger partial charge in [0.1, 0.15) is 45.2 Å². The number of nitrogen functional groups attached to an aromatic ring is 3. The average Bonchev–Trinajstić information content (AvgIpc) is 0.738. The molecule has 0 aliphatic carbocycles. The summed E-state index contributed by atoms with van der Waals surface area (Å²) in [5.74, 6) is -19.9. The summed E-state index contributed by atoms with van der Waals surface area (Å²) in [6.07, 6.45) is 8.32. The Morgan fingerprint density at radius 1 is 0.364 bits per heavy atom. The number of hydrogen-bond acceptors (Lipinski definition) is 21. The predicted molar refractivity (Wildman–Crippen MR) is 466 cm³/mol. The Kier molecular flexibility index (Phi) is 26.7. The van der Waals surface area contributed by atoms with Gasteiger partial charge in [-0.2, -0.15) is 15.0 Å². The Labute approximate surface area is 741 Å². The maximum Gasteiger partial charge on any atom is 0.355 e. The highest BCUT2D eigenvalue weighted by Gasteiger charge is 2.37. The van der Waals surface area contributed by atoms with Crippen LogP contribution in [0, 0.1) is 90.6 Å². The molecule has 9 aromatic heterocycles. The Balaban J connectivity index is 0.000000165. The number of carbonyl (C=O) groups is 3. The van der Waals surface area contributed by atoms with Crippen molar-refractivity contribution >= 4 is 120 Å². The van der Waals surface area contributed by atoms with Crippen LogP contribution in [0.1, 0.15) is 93.1 Å². The molecule has 3 aromatic carbocycles. The minimum absolute atomic E-state index is 0.0643. The number of aryl methyl sites for hydroxylation is 3. The second-order valence-electron chi connectivity index (χ2n) is 31.0. The van der Waals surface area contributed by atoms with Crippen molar-refractivity contribution in [3.05, 3.63) is 243 Å². The van der Waals surface area contributed by atoms with Crippen LogP contribution in [0.25, 0.3) is 83.9 Å². The minimum Gasteiger partial charge on any atom is -0.396 e. The molecule has 0 saturated carbocycles. The minimum atomic E-state index is -1.96. The van der Waals surface area contributed by atoms with Gasteiger partial charge in [-0.15, -0.1) is 0 Å². The summed E-state index contributed by atoms with van der Waals surface area (Å²) in [7, 11) is 0. The van der Waals surface area contributed by atoms with E-state index in [0.29, 0.717) is 50.8 Å². The number of pyridine rings is 6. The molecule has 3 amide bonds. The summed E-state index contributed by atoms with van der Waals surface area (Å²) in [6, 6.07) is 7.93. The zero-order valence-electron chi connectivity index (χ0n) is 70.2. The number of piperazine rings is 3. The molecule has 0 bridgehead atoms. The number of fused-ring (bicyclic) bond motifs is 3. The third-order valence-electron chi connectivity index (χ3n) is 22.0. The van der Waals surface area contributed by atoms with Gasteiger partial charge in [0.25, 0.3) is 0 Å². The van der Waals surface area contributed by atoms with Crippen LogP contribution in [0.4, 0.5) is 87.2 Å². The molecule has 6 N–H and O–H groups in total. The summed E-state index contributed by atoms with van der Waals surface area (Å²) >= 11 is 17.7. The number of hydrogen-bond donors (Lipinski definition) is 3. The monoisotopic (exact) mass is 1850 g/mol. The molecule has 0 unspecified atom stereocenters. The smallest absolute Gasteiger partial charge is 0.355 e. The van der Waals surface area contributed by atoms with Gasteiger partial charge in [-0.05, 0) is 110 Å². The van der Waals surface area contributed by atoms with Crippen molar-refractivity contribution in [3.63, 3.8) is 0 Å². The van der Waals surface area contributed by atoms with E-state index in [1.807, 2.05) is 41.5 Å². The molecule has 15 rings (SSSR count). The SMILES string of the molecule is C=CC(=O)N1CCN(c2nc(=O)n(-c3c(C)ccnc3C(C)C)c3nc(-c4c(F)c(F)c(F)c(N)c4Cl)c(F)cc23)CC1.C=CC(=O)N1CCN(c2nc(=O)n(-c3c(C)ccnc3C(C)C)c3nc(-c4c(F)c(N)c(F)c(F)c4Cl)c(F)cc23)CC1.C=CC(=O)N1CCN(c2nc(=O)n(-c3c(C)ccnc3C(C)C)c3nc(-c4c(N)c(F)c(F)c(Cl)c4F)c(F)cc23)CC1. The third-order valence-corrected chi connectivity index (χ3v) is 23.1. The van der Waals surface area contributed by atoms with Gasteiger partial charge in [-0.3, -0.25) is 29.3 Å². The number of anilines is 6. The van der Waals surface area contributed by atoms with E-state index >= 15 is 26.3 Å². The molecule has 12 aromatic rings. The van der Waals surface area contributed by atoms with E-state index in [0.717, 1.165) is 31.9 Å². The lowest BCUT2D eigenvalue weighted by atomic mass is 10.0.